The van der Waals surface area contributed by atoms with Crippen LogP contribution in [0.3, 0.4) is 0 Å². The molecule has 0 bridgehead atoms. The van der Waals surface area contributed by atoms with Crippen molar-refractivity contribution in [1.82, 2.24) is 9.80 Å². The largest absolute Gasteiger partial charge is 0.373 e. The molecular formula is C16H31Cl2N3O2. The van der Waals surface area contributed by atoms with Crippen LogP contribution in [0.4, 0.5) is 0 Å². The van der Waals surface area contributed by atoms with Crippen LogP contribution in [-0.2, 0) is 9.53 Å². The monoisotopic (exact) mass is 367 g/mol. The first-order valence-electron chi connectivity index (χ1n) is 8.42. The van der Waals surface area contributed by atoms with Crippen LogP contribution < -0.4 is 5.73 Å². The predicted molar refractivity (Wildman–Crippen MR) is 96.4 cm³/mol. The van der Waals surface area contributed by atoms with Crippen LogP contribution in [-0.4, -0.2) is 66.2 Å². The third kappa shape index (κ3) is 5.20. The van der Waals surface area contributed by atoms with Gasteiger partial charge in [-0.3, -0.25) is 9.69 Å². The fraction of sp³-hybridized carbons (Fsp3) is 0.938. The number of likely N-dealkylation sites (tertiary alicyclic amines) is 1. The molecule has 0 radical (unpaired) electrons. The van der Waals surface area contributed by atoms with E-state index >= 15 is 0 Å². The Labute approximate surface area is 152 Å². The minimum Gasteiger partial charge on any atom is -0.373 e. The second-order valence-corrected chi connectivity index (χ2v) is 7.37. The molecule has 1 aliphatic carbocycles. The van der Waals surface area contributed by atoms with Gasteiger partial charge in [0.2, 0.25) is 5.91 Å². The maximum absolute atomic E-state index is 12.2. The van der Waals surface area contributed by atoms with Crippen molar-refractivity contribution in [3.05, 3.63) is 0 Å². The molecule has 2 aliphatic heterocycles. The molecule has 7 heteroatoms. The van der Waals surface area contributed by atoms with Gasteiger partial charge in [0.05, 0.1) is 17.7 Å². The average Bonchev–Trinajstić information content (AvgIpc) is 3.17. The smallest absolute Gasteiger partial charge is 0.242 e. The Morgan fingerprint density at radius 1 is 1.13 bits per heavy atom. The Morgan fingerprint density at radius 2 is 1.65 bits per heavy atom. The predicted octanol–water partition coefficient (Wildman–Crippen LogP) is 1.67. The number of morpholine rings is 1. The van der Waals surface area contributed by atoms with Crippen molar-refractivity contribution in [3.63, 3.8) is 0 Å². The number of hydrogen-bond donors (Lipinski definition) is 1. The van der Waals surface area contributed by atoms with E-state index in [1.807, 2.05) is 4.90 Å². The van der Waals surface area contributed by atoms with Crippen molar-refractivity contribution >= 4 is 30.7 Å². The first-order valence-corrected chi connectivity index (χ1v) is 8.42. The molecule has 0 aromatic carbocycles. The Morgan fingerprint density at radius 3 is 2.13 bits per heavy atom. The number of nitrogens with two attached hydrogens (primary N) is 1. The summed E-state index contributed by atoms with van der Waals surface area (Å²) in [5.74, 6) is 0.897. The molecular weight excluding hydrogens is 337 g/mol. The zero-order valence-corrected chi connectivity index (χ0v) is 15.8. The molecule has 5 nitrogen and oxygen atoms in total. The highest BCUT2D eigenvalue weighted by Gasteiger charge is 2.48. The molecule has 23 heavy (non-hydrogen) atoms. The molecule has 0 aromatic rings. The van der Waals surface area contributed by atoms with Crippen LogP contribution in [0.25, 0.3) is 0 Å². The molecule has 1 amide bonds. The lowest BCUT2D eigenvalue weighted by Crippen LogP contribution is -2.51. The second kappa shape index (κ2) is 8.34. The van der Waals surface area contributed by atoms with E-state index in [9.17, 15) is 4.79 Å². The summed E-state index contributed by atoms with van der Waals surface area (Å²) in [5.41, 5.74) is 5.52. The first kappa shape index (κ1) is 21.0. The van der Waals surface area contributed by atoms with E-state index in [0.717, 1.165) is 58.4 Å². The van der Waals surface area contributed by atoms with Gasteiger partial charge in [0.15, 0.2) is 0 Å². The number of rotatable bonds is 3. The fourth-order valence-corrected chi connectivity index (χ4v) is 3.78. The van der Waals surface area contributed by atoms with E-state index in [1.165, 1.54) is 0 Å². The molecule has 3 fully saturated rings. The van der Waals surface area contributed by atoms with E-state index in [1.54, 1.807) is 0 Å². The second-order valence-electron chi connectivity index (χ2n) is 7.37. The number of hydrogen-bond acceptors (Lipinski definition) is 4. The van der Waals surface area contributed by atoms with Crippen molar-refractivity contribution in [2.75, 3.05) is 32.7 Å². The van der Waals surface area contributed by atoms with Gasteiger partial charge >= 0.3 is 0 Å². The van der Waals surface area contributed by atoms with E-state index in [2.05, 4.69) is 18.7 Å². The maximum Gasteiger partial charge on any atom is 0.242 e. The maximum atomic E-state index is 12.2. The van der Waals surface area contributed by atoms with Crippen LogP contribution in [0.2, 0.25) is 0 Å². The molecule has 2 unspecified atom stereocenters. The Bertz CT molecular complexity index is 389. The molecule has 1 saturated carbocycles. The van der Waals surface area contributed by atoms with Gasteiger partial charge in [-0.2, -0.15) is 0 Å². The average molecular weight is 368 g/mol. The van der Waals surface area contributed by atoms with Crippen LogP contribution in [0.1, 0.15) is 39.5 Å². The van der Waals surface area contributed by atoms with Gasteiger partial charge < -0.3 is 15.4 Å². The van der Waals surface area contributed by atoms with Gasteiger partial charge in [0, 0.05) is 32.7 Å². The summed E-state index contributed by atoms with van der Waals surface area (Å²) < 4.78 is 5.79. The van der Waals surface area contributed by atoms with Crippen LogP contribution in [0, 0.1) is 5.92 Å². The number of halogens is 2. The van der Waals surface area contributed by atoms with Crippen LogP contribution >= 0.6 is 24.8 Å². The molecule has 2 saturated heterocycles. The van der Waals surface area contributed by atoms with Gasteiger partial charge in [-0.05, 0) is 45.4 Å². The SMILES string of the molecule is CC1CN(CC2CCN(C(=O)C3(N)CC3)CC2)CC(C)O1.Cl.Cl. The highest BCUT2D eigenvalue weighted by molar-refractivity contribution is 5.89. The number of carbonyl (C=O) groups excluding carboxylic acids is 1. The summed E-state index contributed by atoms with van der Waals surface area (Å²) in [6, 6.07) is 0. The van der Waals surface area contributed by atoms with E-state index in [0.29, 0.717) is 18.1 Å². The van der Waals surface area contributed by atoms with Crippen molar-refractivity contribution < 1.29 is 9.53 Å². The van der Waals surface area contributed by atoms with Crippen LogP contribution in [0.15, 0.2) is 0 Å². The molecule has 3 aliphatic rings. The Hall–Kier alpha value is -0.0700. The number of ether oxygens (including phenoxy) is 1. The summed E-state index contributed by atoms with van der Waals surface area (Å²) in [6.07, 6.45) is 4.64. The normalized spacial score (nSPS) is 31.0. The Kier molecular flexibility index (Phi) is 7.61. The lowest BCUT2D eigenvalue weighted by molar-refractivity contribution is -0.135. The third-order valence-corrected chi connectivity index (χ3v) is 5.13. The third-order valence-electron chi connectivity index (χ3n) is 5.13. The zero-order valence-electron chi connectivity index (χ0n) is 14.2. The number of nitrogens with zero attached hydrogens (tertiary/aromatic N) is 2. The molecule has 2 atom stereocenters. The van der Waals surface area contributed by atoms with Crippen molar-refractivity contribution in [3.8, 4) is 0 Å². The number of amides is 1. The topological polar surface area (TPSA) is 58.8 Å². The van der Waals surface area contributed by atoms with Crippen molar-refractivity contribution in [1.29, 1.82) is 0 Å². The molecule has 0 aromatic heterocycles. The van der Waals surface area contributed by atoms with Gasteiger partial charge in [-0.15, -0.1) is 24.8 Å². The molecule has 2 heterocycles. The summed E-state index contributed by atoms with van der Waals surface area (Å²) in [6.45, 7) is 9.30. The molecule has 0 spiro atoms. The van der Waals surface area contributed by atoms with Crippen molar-refractivity contribution in [2.45, 2.75) is 57.3 Å². The summed E-state index contributed by atoms with van der Waals surface area (Å²) in [5, 5.41) is 0. The van der Waals surface area contributed by atoms with Gasteiger partial charge in [-0.25, -0.2) is 0 Å². The highest BCUT2D eigenvalue weighted by Crippen LogP contribution is 2.35. The van der Waals surface area contributed by atoms with Gasteiger partial charge in [0.25, 0.3) is 0 Å². The highest BCUT2D eigenvalue weighted by atomic mass is 35.5. The number of piperidine rings is 1. The van der Waals surface area contributed by atoms with E-state index in [4.69, 9.17) is 10.5 Å². The first-order chi connectivity index (χ1) is 9.96. The fourth-order valence-electron chi connectivity index (χ4n) is 3.78. The molecule has 3 rings (SSSR count). The molecule has 136 valence electrons. The minimum absolute atomic E-state index is 0. The summed E-state index contributed by atoms with van der Waals surface area (Å²) >= 11 is 0. The minimum atomic E-state index is -0.498. The van der Waals surface area contributed by atoms with Gasteiger partial charge in [-0.1, -0.05) is 0 Å². The lowest BCUT2D eigenvalue weighted by atomic mass is 9.95. The van der Waals surface area contributed by atoms with Crippen LogP contribution in [0.5, 0.6) is 0 Å². The standard InChI is InChI=1S/C16H29N3O2.2ClH/c1-12-9-18(10-13(2)21-12)11-14-3-7-19(8-4-14)15(20)16(17)5-6-16;;/h12-14H,3-11,17H2,1-2H3;2*1H. The van der Waals surface area contributed by atoms with E-state index in [-0.39, 0.29) is 30.7 Å². The zero-order chi connectivity index (χ0) is 15.0. The van der Waals surface area contributed by atoms with E-state index < -0.39 is 5.54 Å². The molecule has 2 N–H and O–H groups in total. The number of carbonyl (C=O) groups is 1. The lowest BCUT2D eigenvalue weighted by Gasteiger charge is -2.40. The summed E-state index contributed by atoms with van der Waals surface area (Å²) in [7, 11) is 0. The van der Waals surface area contributed by atoms with Crippen molar-refractivity contribution in [2.24, 2.45) is 11.7 Å². The Balaban J connectivity index is 0.00000132. The summed E-state index contributed by atoms with van der Waals surface area (Å²) in [4.78, 5) is 16.8. The van der Waals surface area contributed by atoms with Gasteiger partial charge in [0.1, 0.15) is 0 Å². The quantitative estimate of drug-likeness (QED) is 0.823.